The molecule has 0 atom stereocenters. The molecule has 0 aliphatic rings. The summed E-state index contributed by atoms with van der Waals surface area (Å²) in [6.45, 7) is 0. The van der Waals surface area contributed by atoms with Crippen molar-refractivity contribution < 1.29 is 23.8 Å². The van der Waals surface area contributed by atoms with Gasteiger partial charge >= 0.3 is 0 Å². The minimum Gasteiger partial charge on any atom is -0.497 e. The number of carbonyl (C=O) groups is 2. The third-order valence-electron chi connectivity index (χ3n) is 5.22. The molecule has 37 heavy (non-hydrogen) atoms. The van der Waals surface area contributed by atoms with E-state index in [1.54, 1.807) is 31.4 Å². The van der Waals surface area contributed by atoms with Crippen LogP contribution in [0.5, 0.6) is 17.2 Å². The van der Waals surface area contributed by atoms with Gasteiger partial charge in [-0.25, -0.2) is 4.98 Å². The van der Waals surface area contributed by atoms with Gasteiger partial charge in [0.1, 0.15) is 5.75 Å². The molecule has 0 saturated carbocycles. The fourth-order valence-electron chi connectivity index (χ4n) is 3.39. The number of benzene rings is 3. The molecule has 0 unspecified atom stereocenters. The van der Waals surface area contributed by atoms with Crippen LogP contribution >= 0.6 is 23.1 Å². The Morgan fingerprint density at radius 2 is 1.70 bits per heavy atom. The summed E-state index contributed by atoms with van der Waals surface area (Å²) in [4.78, 5) is 30.6. The number of anilines is 2. The van der Waals surface area contributed by atoms with Crippen LogP contribution in [0.2, 0.25) is 0 Å². The van der Waals surface area contributed by atoms with Crippen molar-refractivity contribution in [3.8, 4) is 28.5 Å². The summed E-state index contributed by atoms with van der Waals surface area (Å²) in [5, 5.41) is 8.14. The molecular formula is C27H25N3O5S2. The molecule has 1 heterocycles. The Morgan fingerprint density at radius 3 is 2.49 bits per heavy atom. The normalized spacial score (nSPS) is 10.5. The SMILES string of the molecule is COc1cccc(-c2csc(NC(=O)CSc3cccc(NC(=O)c4ccc(OC)c(OC)c4)c3)n2)c1. The lowest BCUT2D eigenvalue weighted by atomic mass is 10.2. The van der Waals surface area contributed by atoms with E-state index >= 15 is 0 Å². The molecule has 0 aliphatic carbocycles. The Kier molecular flexibility index (Phi) is 8.65. The van der Waals surface area contributed by atoms with Crippen LogP contribution < -0.4 is 24.8 Å². The van der Waals surface area contributed by atoms with E-state index in [9.17, 15) is 9.59 Å². The number of aromatic nitrogens is 1. The van der Waals surface area contributed by atoms with E-state index in [-0.39, 0.29) is 17.6 Å². The summed E-state index contributed by atoms with van der Waals surface area (Å²) in [6, 6.07) is 19.9. The second-order valence-corrected chi connectivity index (χ2v) is 9.57. The predicted molar refractivity (Wildman–Crippen MR) is 147 cm³/mol. The molecule has 0 spiro atoms. The Bertz CT molecular complexity index is 1410. The smallest absolute Gasteiger partial charge is 0.255 e. The number of carbonyl (C=O) groups excluding carboxylic acids is 2. The number of thioether (sulfide) groups is 1. The first kappa shape index (κ1) is 26.1. The summed E-state index contributed by atoms with van der Waals surface area (Å²) < 4.78 is 15.8. The summed E-state index contributed by atoms with van der Waals surface area (Å²) in [5.74, 6) is 1.51. The van der Waals surface area contributed by atoms with E-state index in [4.69, 9.17) is 14.2 Å². The number of nitrogens with zero attached hydrogens (tertiary/aromatic N) is 1. The van der Waals surface area contributed by atoms with Gasteiger partial charge in [-0.3, -0.25) is 9.59 Å². The van der Waals surface area contributed by atoms with Crippen LogP contribution in [0, 0.1) is 0 Å². The van der Waals surface area contributed by atoms with Gasteiger partial charge in [-0.05, 0) is 48.5 Å². The highest BCUT2D eigenvalue weighted by molar-refractivity contribution is 8.00. The van der Waals surface area contributed by atoms with Gasteiger partial charge < -0.3 is 24.8 Å². The second-order valence-electron chi connectivity index (χ2n) is 7.66. The lowest BCUT2D eigenvalue weighted by molar-refractivity contribution is -0.113. The molecule has 3 aromatic carbocycles. The van der Waals surface area contributed by atoms with Gasteiger partial charge in [-0.15, -0.1) is 23.1 Å². The van der Waals surface area contributed by atoms with Crippen LogP contribution in [0.1, 0.15) is 10.4 Å². The highest BCUT2D eigenvalue weighted by Gasteiger charge is 2.13. The molecule has 0 fully saturated rings. The second kappa shape index (κ2) is 12.3. The van der Waals surface area contributed by atoms with Crippen molar-refractivity contribution in [2.24, 2.45) is 0 Å². The van der Waals surface area contributed by atoms with Gasteiger partial charge in [0, 0.05) is 27.1 Å². The van der Waals surface area contributed by atoms with Crippen molar-refractivity contribution in [3.63, 3.8) is 0 Å². The van der Waals surface area contributed by atoms with E-state index in [2.05, 4.69) is 15.6 Å². The fraction of sp³-hybridized carbons (Fsp3) is 0.148. The molecule has 0 aliphatic heterocycles. The number of methoxy groups -OCH3 is 3. The molecule has 1 aromatic heterocycles. The number of amides is 2. The number of ether oxygens (including phenoxy) is 3. The number of hydrogen-bond donors (Lipinski definition) is 2. The highest BCUT2D eigenvalue weighted by Crippen LogP contribution is 2.29. The van der Waals surface area contributed by atoms with E-state index in [0.717, 1.165) is 21.9 Å². The minimum absolute atomic E-state index is 0.170. The number of nitrogens with one attached hydrogen (secondary N) is 2. The van der Waals surface area contributed by atoms with Gasteiger partial charge in [-0.1, -0.05) is 18.2 Å². The highest BCUT2D eigenvalue weighted by atomic mass is 32.2. The number of rotatable bonds is 10. The lowest BCUT2D eigenvalue weighted by Crippen LogP contribution is -2.14. The zero-order chi connectivity index (χ0) is 26.2. The Balaban J connectivity index is 1.33. The monoisotopic (exact) mass is 535 g/mol. The maximum absolute atomic E-state index is 12.7. The molecule has 4 rings (SSSR count). The molecule has 2 amide bonds. The number of hydrogen-bond acceptors (Lipinski definition) is 8. The van der Waals surface area contributed by atoms with Crippen molar-refractivity contribution >= 4 is 45.7 Å². The zero-order valence-electron chi connectivity index (χ0n) is 20.4. The molecule has 0 radical (unpaired) electrons. The van der Waals surface area contributed by atoms with Crippen LogP contribution in [0.15, 0.2) is 77.0 Å². The molecular weight excluding hydrogens is 510 g/mol. The van der Waals surface area contributed by atoms with Crippen LogP contribution in [-0.4, -0.2) is 43.9 Å². The first-order chi connectivity index (χ1) is 18.0. The van der Waals surface area contributed by atoms with Crippen molar-refractivity contribution in [1.29, 1.82) is 0 Å². The molecule has 8 nitrogen and oxygen atoms in total. The molecule has 0 bridgehead atoms. The van der Waals surface area contributed by atoms with Gasteiger partial charge in [0.25, 0.3) is 5.91 Å². The Morgan fingerprint density at radius 1 is 0.892 bits per heavy atom. The minimum atomic E-state index is -0.281. The topological polar surface area (TPSA) is 98.8 Å². The predicted octanol–water partition coefficient (Wildman–Crippen LogP) is 5.82. The largest absolute Gasteiger partial charge is 0.497 e. The fourth-order valence-corrected chi connectivity index (χ4v) is 4.89. The summed E-state index contributed by atoms with van der Waals surface area (Å²) in [6.07, 6.45) is 0. The van der Waals surface area contributed by atoms with Crippen LogP contribution in [-0.2, 0) is 4.79 Å². The standard InChI is InChI=1S/C27H25N3O5S2/c1-33-20-8-4-6-17(12-20)22-15-37-27(29-22)30-25(31)16-36-21-9-5-7-19(14-21)28-26(32)18-10-11-23(34-2)24(13-18)35-3/h4-15H,16H2,1-3H3,(H,28,32)(H,29,30,31). The first-order valence-corrected chi connectivity index (χ1v) is 13.0. The van der Waals surface area contributed by atoms with Crippen LogP contribution in [0.3, 0.4) is 0 Å². The van der Waals surface area contributed by atoms with E-state index in [1.165, 1.54) is 37.3 Å². The van der Waals surface area contributed by atoms with Crippen LogP contribution in [0.25, 0.3) is 11.3 Å². The average molecular weight is 536 g/mol. The molecule has 2 N–H and O–H groups in total. The maximum atomic E-state index is 12.7. The van der Waals surface area contributed by atoms with E-state index in [1.807, 2.05) is 47.8 Å². The molecule has 190 valence electrons. The van der Waals surface area contributed by atoms with Crippen molar-refractivity contribution in [2.75, 3.05) is 37.7 Å². The van der Waals surface area contributed by atoms with Gasteiger partial charge in [-0.2, -0.15) is 0 Å². The van der Waals surface area contributed by atoms with Gasteiger partial charge in [0.15, 0.2) is 16.6 Å². The van der Waals surface area contributed by atoms with E-state index in [0.29, 0.717) is 27.9 Å². The average Bonchev–Trinajstić information content (AvgIpc) is 3.40. The Hall–Kier alpha value is -4.02. The lowest BCUT2D eigenvalue weighted by Gasteiger charge is -2.10. The maximum Gasteiger partial charge on any atom is 0.255 e. The van der Waals surface area contributed by atoms with Gasteiger partial charge in [0.05, 0.1) is 32.8 Å². The molecule has 0 saturated heterocycles. The third-order valence-corrected chi connectivity index (χ3v) is 6.98. The van der Waals surface area contributed by atoms with E-state index < -0.39 is 0 Å². The number of thiazole rings is 1. The summed E-state index contributed by atoms with van der Waals surface area (Å²) in [7, 11) is 4.67. The van der Waals surface area contributed by atoms with Gasteiger partial charge in [0.2, 0.25) is 5.91 Å². The first-order valence-electron chi connectivity index (χ1n) is 11.1. The van der Waals surface area contributed by atoms with Crippen molar-refractivity contribution in [1.82, 2.24) is 4.98 Å². The van der Waals surface area contributed by atoms with Crippen molar-refractivity contribution in [3.05, 3.63) is 77.7 Å². The summed E-state index contributed by atoms with van der Waals surface area (Å²) >= 11 is 2.73. The zero-order valence-corrected chi connectivity index (χ0v) is 22.1. The third kappa shape index (κ3) is 6.81. The molecule has 4 aromatic rings. The summed E-state index contributed by atoms with van der Waals surface area (Å²) in [5.41, 5.74) is 2.74. The Labute approximate surface area is 223 Å². The molecule has 10 heteroatoms. The van der Waals surface area contributed by atoms with Crippen LogP contribution in [0.4, 0.5) is 10.8 Å². The quantitative estimate of drug-likeness (QED) is 0.247. The van der Waals surface area contributed by atoms with Crippen molar-refractivity contribution in [2.45, 2.75) is 4.90 Å².